The van der Waals surface area contributed by atoms with Crippen LogP contribution in [0.1, 0.15) is 6.99 Å². The fraction of sp³-hybridized carbons (Fsp3) is 0.0625. The van der Waals surface area contributed by atoms with Gasteiger partial charge in [0, 0.05) is 10.8 Å². The molecule has 0 aliphatic rings. The van der Waals surface area contributed by atoms with Gasteiger partial charge in [0.25, 0.3) is 0 Å². The van der Waals surface area contributed by atoms with E-state index in [1.54, 1.807) is 12.3 Å². The molecule has 0 amide bonds. The molecule has 3 aromatic rings. The summed E-state index contributed by atoms with van der Waals surface area (Å²) >= 11 is 4.60. The van der Waals surface area contributed by atoms with Crippen LogP contribution in [0.4, 0.5) is 0 Å². The molecule has 0 atom stereocenters. The molecule has 1 aromatic heterocycles. The molecule has 1 heterocycles. The number of carboxylic acids is 1. The summed E-state index contributed by atoms with van der Waals surface area (Å²) in [6.45, 7) is 0. The zero-order valence-corrected chi connectivity index (χ0v) is 15.1. The molecule has 1 N–H and O–H groups in total. The summed E-state index contributed by atoms with van der Waals surface area (Å²) in [4.78, 5) is 15.1. The van der Waals surface area contributed by atoms with Gasteiger partial charge in [0.05, 0.1) is 29.3 Å². The number of nitriles is 1. The molecule has 8 heteroatoms. The summed E-state index contributed by atoms with van der Waals surface area (Å²) in [6.07, 6.45) is 1.64. The van der Waals surface area contributed by atoms with Gasteiger partial charge in [-0.1, -0.05) is 36.0 Å². The van der Waals surface area contributed by atoms with Gasteiger partial charge in [-0.15, -0.1) is 0 Å². The van der Waals surface area contributed by atoms with Crippen molar-refractivity contribution in [2.45, 2.75) is 5.16 Å². The molecule has 0 bridgehead atoms. The number of hydrogen-bond acceptors (Lipinski definition) is 4. The third-order valence-corrected chi connectivity index (χ3v) is 4.77. The number of benzene rings is 2. The minimum Gasteiger partial charge on any atom is -1.00 e. The van der Waals surface area contributed by atoms with E-state index in [1.807, 2.05) is 34.9 Å². The Hall–Kier alpha value is -1.70. The zero-order chi connectivity index (χ0) is 16.4. The van der Waals surface area contributed by atoms with E-state index >= 15 is 0 Å². The van der Waals surface area contributed by atoms with Crippen LogP contribution in [0.25, 0.3) is 16.5 Å². The third kappa shape index (κ3) is 3.53. The van der Waals surface area contributed by atoms with Gasteiger partial charge >= 0.3 is 24.8 Å². The molecule has 0 spiro atoms. The van der Waals surface area contributed by atoms with Gasteiger partial charge in [0.15, 0.2) is 5.16 Å². The molecular weight excluding hydrogens is 385 g/mol. The number of fused-ring (bicyclic) bond motifs is 1. The molecule has 0 radical (unpaired) electrons. The van der Waals surface area contributed by atoms with Crippen LogP contribution in [-0.4, -0.2) is 26.4 Å². The minimum atomic E-state index is -0.898. The van der Waals surface area contributed by atoms with Crippen molar-refractivity contribution in [3.63, 3.8) is 0 Å². The van der Waals surface area contributed by atoms with Crippen LogP contribution in [0.5, 0.6) is 0 Å². The Morgan fingerprint density at radius 1 is 1.33 bits per heavy atom. The number of aliphatic carboxylic acids is 1. The SMILES string of the molecule is N#Cc1ccc(-n2c(Br)cnc2SCC(=O)O)c2ccccc12.[H-].[Li+]. The van der Waals surface area contributed by atoms with E-state index in [0.29, 0.717) is 10.7 Å². The normalized spacial score (nSPS) is 10.2. The van der Waals surface area contributed by atoms with Crippen LogP contribution in [0.3, 0.4) is 0 Å². The number of carboxylic acid groups (broad SMARTS) is 1. The minimum absolute atomic E-state index is 0. The Bertz CT molecular complexity index is 958. The van der Waals surface area contributed by atoms with Crippen LogP contribution < -0.4 is 18.9 Å². The van der Waals surface area contributed by atoms with Gasteiger partial charge in [-0.05, 0) is 28.1 Å². The number of carbonyl (C=O) groups is 1. The zero-order valence-electron chi connectivity index (χ0n) is 13.7. The van der Waals surface area contributed by atoms with Crippen molar-refractivity contribution in [1.29, 1.82) is 5.26 Å². The van der Waals surface area contributed by atoms with Gasteiger partial charge in [0.2, 0.25) is 0 Å². The van der Waals surface area contributed by atoms with Gasteiger partial charge in [0.1, 0.15) is 4.60 Å². The van der Waals surface area contributed by atoms with E-state index in [2.05, 4.69) is 27.0 Å². The van der Waals surface area contributed by atoms with Crippen molar-refractivity contribution in [2.75, 3.05) is 5.75 Å². The van der Waals surface area contributed by atoms with Crippen molar-refractivity contribution < 1.29 is 30.2 Å². The molecular formula is C16H11BrLiN3O2S. The first-order valence-electron chi connectivity index (χ1n) is 6.62. The molecule has 3 rings (SSSR count). The van der Waals surface area contributed by atoms with Gasteiger partial charge in [-0.3, -0.25) is 9.36 Å². The summed E-state index contributed by atoms with van der Waals surface area (Å²) in [5.41, 5.74) is 1.44. The van der Waals surface area contributed by atoms with Gasteiger partial charge < -0.3 is 6.53 Å². The molecule has 0 fully saturated rings. The summed E-state index contributed by atoms with van der Waals surface area (Å²) in [5.74, 6) is -0.970. The van der Waals surface area contributed by atoms with E-state index in [4.69, 9.17) is 5.11 Å². The van der Waals surface area contributed by atoms with Gasteiger partial charge in [-0.2, -0.15) is 5.26 Å². The Kier molecular flexibility index (Phi) is 6.14. The van der Waals surface area contributed by atoms with E-state index in [9.17, 15) is 10.1 Å². The Morgan fingerprint density at radius 2 is 2.04 bits per heavy atom. The van der Waals surface area contributed by atoms with Crippen molar-refractivity contribution in [3.05, 3.63) is 52.8 Å². The van der Waals surface area contributed by atoms with Crippen molar-refractivity contribution >= 4 is 44.4 Å². The average Bonchev–Trinajstić information content (AvgIpc) is 2.92. The molecule has 2 aromatic carbocycles. The number of thioether (sulfide) groups is 1. The van der Waals surface area contributed by atoms with Crippen LogP contribution >= 0.6 is 27.7 Å². The first-order valence-corrected chi connectivity index (χ1v) is 8.39. The fourth-order valence-electron chi connectivity index (χ4n) is 2.34. The second-order valence-corrected chi connectivity index (χ2v) is 6.43. The topological polar surface area (TPSA) is 78.9 Å². The van der Waals surface area contributed by atoms with E-state index in [-0.39, 0.29) is 26.0 Å². The molecule has 0 unspecified atom stereocenters. The van der Waals surface area contributed by atoms with Crippen LogP contribution in [-0.2, 0) is 4.79 Å². The summed E-state index contributed by atoms with van der Waals surface area (Å²) in [7, 11) is 0. The van der Waals surface area contributed by atoms with E-state index < -0.39 is 5.97 Å². The third-order valence-electron chi connectivity index (χ3n) is 3.27. The summed E-state index contributed by atoms with van der Waals surface area (Å²) < 4.78 is 2.57. The molecule has 0 aliphatic heterocycles. The maximum Gasteiger partial charge on any atom is 1.00 e. The number of nitrogens with zero attached hydrogens (tertiary/aromatic N) is 3. The Balaban J connectivity index is 0.00000156. The first kappa shape index (κ1) is 18.6. The van der Waals surface area contributed by atoms with Crippen LogP contribution in [0.15, 0.2) is 52.4 Å². The monoisotopic (exact) mass is 395 g/mol. The second-order valence-electron chi connectivity index (χ2n) is 4.67. The van der Waals surface area contributed by atoms with E-state index in [1.165, 1.54) is 0 Å². The number of halogens is 1. The molecule has 24 heavy (non-hydrogen) atoms. The summed E-state index contributed by atoms with van der Waals surface area (Å²) in [6, 6.07) is 13.4. The van der Waals surface area contributed by atoms with Crippen molar-refractivity contribution in [3.8, 4) is 11.8 Å². The predicted molar refractivity (Wildman–Crippen MR) is 93.0 cm³/mol. The standard InChI is InChI=1S/C16H10BrN3O2S.Li.H/c17-14-8-19-16(23-9-15(21)22)20(14)13-6-5-10(7-18)11-3-1-2-4-12(11)13;;/h1-6,8H,9H2,(H,21,22);;/q;+1;-1. The maximum atomic E-state index is 10.8. The number of imidazole rings is 1. The fourth-order valence-corrected chi connectivity index (χ4v) is 3.62. The Labute approximate surface area is 164 Å². The summed E-state index contributed by atoms with van der Waals surface area (Å²) in [5, 5.41) is 20.5. The molecule has 0 saturated carbocycles. The second kappa shape index (κ2) is 7.91. The Morgan fingerprint density at radius 3 is 2.71 bits per heavy atom. The largest absolute Gasteiger partial charge is 1.00 e. The quantitative estimate of drug-likeness (QED) is 0.525. The van der Waals surface area contributed by atoms with Gasteiger partial charge in [-0.25, -0.2) is 4.98 Å². The van der Waals surface area contributed by atoms with Crippen molar-refractivity contribution in [2.24, 2.45) is 0 Å². The first-order chi connectivity index (χ1) is 11.1. The molecule has 5 nitrogen and oxygen atoms in total. The number of rotatable bonds is 4. The number of hydrogen-bond donors (Lipinski definition) is 1. The van der Waals surface area contributed by atoms with E-state index in [0.717, 1.165) is 32.8 Å². The molecule has 0 aliphatic carbocycles. The predicted octanol–water partition coefficient (Wildman–Crippen LogP) is 0.953. The molecule has 116 valence electrons. The average molecular weight is 396 g/mol. The van der Waals surface area contributed by atoms with Crippen LogP contribution in [0, 0.1) is 11.3 Å². The smallest absolute Gasteiger partial charge is 1.00 e. The van der Waals surface area contributed by atoms with Crippen LogP contribution in [0.2, 0.25) is 0 Å². The van der Waals surface area contributed by atoms with Crippen molar-refractivity contribution in [1.82, 2.24) is 9.55 Å². The maximum absolute atomic E-state index is 10.8. The number of aromatic nitrogens is 2. The molecule has 0 saturated heterocycles.